The molecule has 0 saturated heterocycles. The normalized spacial score (nSPS) is 11.4. The van der Waals surface area contributed by atoms with Crippen LogP contribution in [0.3, 0.4) is 0 Å². The summed E-state index contributed by atoms with van der Waals surface area (Å²) in [5, 5.41) is 12.0. The minimum Gasteiger partial charge on any atom is -0.409 e. The number of hydrogen-bond acceptors (Lipinski definition) is 4. The zero-order valence-electron chi connectivity index (χ0n) is 11.6. The molecule has 2 rings (SSSR count). The van der Waals surface area contributed by atoms with Gasteiger partial charge in [0.2, 0.25) is 0 Å². The molecular formula is C15H18N4O. The number of oxime groups is 1. The van der Waals surface area contributed by atoms with Gasteiger partial charge in [0.05, 0.1) is 5.56 Å². The first-order valence-corrected chi connectivity index (χ1v) is 6.45. The summed E-state index contributed by atoms with van der Waals surface area (Å²) in [6.07, 6.45) is 1.70. The molecule has 0 aliphatic heterocycles. The second kappa shape index (κ2) is 6.06. The molecule has 0 saturated carbocycles. The van der Waals surface area contributed by atoms with E-state index in [-0.39, 0.29) is 5.84 Å². The molecule has 0 amide bonds. The van der Waals surface area contributed by atoms with E-state index in [0.717, 1.165) is 17.8 Å². The van der Waals surface area contributed by atoms with Gasteiger partial charge in [0.1, 0.15) is 5.82 Å². The Morgan fingerprint density at radius 1 is 1.30 bits per heavy atom. The number of anilines is 2. The van der Waals surface area contributed by atoms with Crippen molar-refractivity contribution < 1.29 is 5.21 Å². The van der Waals surface area contributed by atoms with E-state index in [1.807, 2.05) is 43.0 Å². The lowest BCUT2D eigenvalue weighted by atomic mass is 10.1. The van der Waals surface area contributed by atoms with Crippen molar-refractivity contribution in [2.75, 3.05) is 11.4 Å². The SMILES string of the molecule is CCN(c1ccccc1C)c1ncccc1/C(N)=N/O. The van der Waals surface area contributed by atoms with Gasteiger partial charge in [0.25, 0.3) is 0 Å². The lowest BCUT2D eigenvalue weighted by Crippen LogP contribution is -2.24. The van der Waals surface area contributed by atoms with Gasteiger partial charge in [0, 0.05) is 18.4 Å². The van der Waals surface area contributed by atoms with E-state index < -0.39 is 0 Å². The van der Waals surface area contributed by atoms with Gasteiger partial charge < -0.3 is 15.8 Å². The first kappa shape index (κ1) is 13.9. The molecule has 1 heterocycles. The highest BCUT2D eigenvalue weighted by molar-refractivity contribution is 6.02. The molecule has 104 valence electrons. The number of benzene rings is 1. The molecule has 0 fully saturated rings. The van der Waals surface area contributed by atoms with Crippen LogP contribution in [0, 0.1) is 6.92 Å². The third-order valence-corrected chi connectivity index (χ3v) is 3.15. The number of aryl methyl sites for hydroxylation is 1. The van der Waals surface area contributed by atoms with E-state index in [1.54, 1.807) is 18.3 Å². The largest absolute Gasteiger partial charge is 0.409 e. The van der Waals surface area contributed by atoms with Crippen molar-refractivity contribution in [3.05, 3.63) is 53.7 Å². The van der Waals surface area contributed by atoms with Crippen LogP contribution in [0.25, 0.3) is 0 Å². The van der Waals surface area contributed by atoms with E-state index >= 15 is 0 Å². The second-order valence-electron chi connectivity index (χ2n) is 4.39. The molecule has 0 unspecified atom stereocenters. The van der Waals surface area contributed by atoms with Crippen LogP contribution >= 0.6 is 0 Å². The maximum Gasteiger partial charge on any atom is 0.173 e. The molecule has 0 aliphatic rings. The van der Waals surface area contributed by atoms with Crippen molar-refractivity contribution in [3.63, 3.8) is 0 Å². The molecular weight excluding hydrogens is 252 g/mol. The molecule has 0 atom stereocenters. The standard InChI is InChI=1S/C15H18N4O/c1-3-19(13-9-5-4-7-11(13)2)15-12(14(16)18-20)8-6-10-17-15/h4-10,20H,3H2,1-2H3,(H2,16,18). The number of pyridine rings is 1. The van der Waals surface area contributed by atoms with Crippen molar-refractivity contribution in [1.82, 2.24) is 4.98 Å². The summed E-state index contributed by atoms with van der Waals surface area (Å²) in [4.78, 5) is 6.43. The predicted octanol–water partition coefficient (Wildman–Crippen LogP) is 2.64. The highest BCUT2D eigenvalue weighted by atomic mass is 16.4. The topological polar surface area (TPSA) is 74.7 Å². The van der Waals surface area contributed by atoms with Crippen LogP contribution in [-0.2, 0) is 0 Å². The van der Waals surface area contributed by atoms with Gasteiger partial charge in [-0.2, -0.15) is 0 Å². The third kappa shape index (κ3) is 2.56. The molecule has 0 radical (unpaired) electrons. The second-order valence-corrected chi connectivity index (χ2v) is 4.39. The van der Waals surface area contributed by atoms with Crippen LogP contribution in [0.5, 0.6) is 0 Å². The monoisotopic (exact) mass is 270 g/mol. The number of para-hydroxylation sites is 1. The molecule has 0 spiro atoms. The Hall–Kier alpha value is -2.56. The lowest BCUT2D eigenvalue weighted by molar-refractivity contribution is 0.318. The van der Waals surface area contributed by atoms with Gasteiger partial charge in [-0.15, -0.1) is 0 Å². The summed E-state index contributed by atoms with van der Waals surface area (Å²) >= 11 is 0. The number of amidine groups is 1. The maximum atomic E-state index is 8.91. The van der Waals surface area contributed by atoms with Crippen molar-refractivity contribution in [3.8, 4) is 0 Å². The molecule has 1 aromatic heterocycles. The van der Waals surface area contributed by atoms with Gasteiger partial charge in [-0.3, -0.25) is 0 Å². The van der Waals surface area contributed by atoms with Gasteiger partial charge in [-0.05, 0) is 37.6 Å². The molecule has 5 nitrogen and oxygen atoms in total. The van der Waals surface area contributed by atoms with Crippen LogP contribution in [0.15, 0.2) is 47.8 Å². The van der Waals surface area contributed by atoms with Crippen molar-refractivity contribution in [1.29, 1.82) is 0 Å². The fourth-order valence-electron chi connectivity index (χ4n) is 2.17. The molecule has 0 aliphatic carbocycles. The number of aromatic nitrogens is 1. The van der Waals surface area contributed by atoms with E-state index in [2.05, 4.69) is 10.1 Å². The zero-order chi connectivity index (χ0) is 14.5. The summed E-state index contributed by atoms with van der Waals surface area (Å²) in [6, 6.07) is 11.6. The third-order valence-electron chi connectivity index (χ3n) is 3.15. The molecule has 3 N–H and O–H groups in total. The minimum atomic E-state index is 0.0557. The lowest BCUT2D eigenvalue weighted by Gasteiger charge is -2.25. The number of nitrogens with zero attached hydrogens (tertiary/aromatic N) is 3. The van der Waals surface area contributed by atoms with Crippen molar-refractivity contribution >= 4 is 17.3 Å². The average Bonchev–Trinajstić information content (AvgIpc) is 2.49. The Morgan fingerprint density at radius 2 is 2.05 bits per heavy atom. The molecule has 1 aromatic carbocycles. The number of nitrogens with two attached hydrogens (primary N) is 1. The summed E-state index contributed by atoms with van der Waals surface area (Å²) in [5.41, 5.74) is 8.55. The van der Waals surface area contributed by atoms with Gasteiger partial charge >= 0.3 is 0 Å². The van der Waals surface area contributed by atoms with Gasteiger partial charge in [-0.25, -0.2) is 4.98 Å². The molecule has 20 heavy (non-hydrogen) atoms. The molecule has 0 bridgehead atoms. The van der Waals surface area contributed by atoms with E-state index in [4.69, 9.17) is 10.9 Å². The Balaban J connectivity index is 2.56. The van der Waals surface area contributed by atoms with Crippen LogP contribution < -0.4 is 10.6 Å². The first-order chi connectivity index (χ1) is 9.69. The fourth-order valence-corrected chi connectivity index (χ4v) is 2.17. The van der Waals surface area contributed by atoms with E-state index in [1.165, 1.54) is 0 Å². The quantitative estimate of drug-likeness (QED) is 0.387. The smallest absolute Gasteiger partial charge is 0.173 e. The van der Waals surface area contributed by atoms with Crippen LogP contribution in [0.4, 0.5) is 11.5 Å². The van der Waals surface area contributed by atoms with Gasteiger partial charge in [-0.1, -0.05) is 23.4 Å². The van der Waals surface area contributed by atoms with E-state index in [9.17, 15) is 0 Å². The average molecular weight is 270 g/mol. The highest BCUT2D eigenvalue weighted by Gasteiger charge is 2.16. The Kier molecular flexibility index (Phi) is 4.20. The van der Waals surface area contributed by atoms with Crippen LogP contribution in [0.1, 0.15) is 18.1 Å². The highest BCUT2D eigenvalue weighted by Crippen LogP contribution is 2.28. The van der Waals surface area contributed by atoms with Gasteiger partial charge in [0.15, 0.2) is 5.84 Å². The first-order valence-electron chi connectivity index (χ1n) is 6.45. The Bertz CT molecular complexity index is 625. The molecule has 5 heteroatoms. The Labute approximate surface area is 118 Å². The van der Waals surface area contributed by atoms with E-state index in [0.29, 0.717) is 11.4 Å². The van der Waals surface area contributed by atoms with Crippen LogP contribution in [-0.4, -0.2) is 22.6 Å². The summed E-state index contributed by atoms with van der Waals surface area (Å²) in [7, 11) is 0. The number of rotatable bonds is 4. The minimum absolute atomic E-state index is 0.0557. The maximum absolute atomic E-state index is 8.91. The fraction of sp³-hybridized carbons (Fsp3) is 0.200. The summed E-state index contributed by atoms with van der Waals surface area (Å²) in [5.74, 6) is 0.736. The van der Waals surface area contributed by atoms with Crippen molar-refractivity contribution in [2.24, 2.45) is 10.9 Å². The van der Waals surface area contributed by atoms with Crippen LogP contribution in [0.2, 0.25) is 0 Å². The Morgan fingerprint density at radius 3 is 2.70 bits per heavy atom. The van der Waals surface area contributed by atoms with Crippen molar-refractivity contribution in [2.45, 2.75) is 13.8 Å². The summed E-state index contributed by atoms with van der Waals surface area (Å²) < 4.78 is 0. The zero-order valence-corrected chi connectivity index (χ0v) is 11.6. The molecule has 2 aromatic rings. The number of hydrogen-bond donors (Lipinski definition) is 2. The summed E-state index contributed by atoms with van der Waals surface area (Å²) in [6.45, 7) is 4.81. The predicted molar refractivity (Wildman–Crippen MR) is 80.6 cm³/mol.